The highest BCUT2D eigenvalue weighted by atomic mass is 32.2. The molecule has 9 nitrogen and oxygen atoms in total. The third kappa shape index (κ3) is 5.54. The average molecular weight is 426 g/mol. The Morgan fingerprint density at radius 1 is 1.00 bits per heavy atom. The van der Waals surface area contributed by atoms with Crippen LogP contribution in [0.5, 0.6) is 0 Å². The molecule has 10 heteroatoms. The number of sulfonamides is 1. The van der Waals surface area contributed by atoms with Crippen molar-refractivity contribution in [2.45, 2.75) is 31.1 Å². The summed E-state index contributed by atoms with van der Waals surface area (Å²) in [6, 6.07) is 4.30. The van der Waals surface area contributed by atoms with Gasteiger partial charge < -0.3 is 14.4 Å². The molecule has 0 spiro atoms. The zero-order valence-electron chi connectivity index (χ0n) is 16.8. The van der Waals surface area contributed by atoms with Gasteiger partial charge >= 0.3 is 11.9 Å². The fourth-order valence-corrected chi connectivity index (χ4v) is 4.85. The molecule has 0 saturated carbocycles. The van der Waals surface area contributed by atoms with Crippen molar-refractivity contribution in [1.29, 1.82) is 0 Å². The van der Waals surface area contributed by atoms with Crippen LogP contribution in [-0.2, 0) is 29.1 Å². The molecule has 2 rings (SSSR count). The van der Waals surface area contributed by atoms with Gasteiger partial charge in [-0.3, -0.25) is 14.4 Å². The zero-order valence-corrected chi connectivity index (χ0v) is 17.7. The van der Waals surface area contributed by atoms with Crippen molar-refractivity contribution < 1.29 is 32.3 Å². The second kappa shape index (κ2) is 9.84. The van der Waals surface area contributed by atoms with Gasteiger partial charge in [-0.15, -0.1) is 0 Å². The van der Waals surface area contributed by atoms with Gasteiger partial charge in [0.05, 0.1) is 19.1 Å². The van der Waals surface area contributed by atoms with Gasteiger partial charge in [-0.1, -0.05) is 12.5 Å². The minimum absolute atomic E-state index is 0.0429. The molecule has 0 atom stereocenters. The second-order valence-electron chi connectivity index (χ2n) is 6.76. The summed E-state index contributed by atoms with van der Waals surface area (Å²) in [5.41, 5.74) is 0.568. The molecule has 1 aromatic carbocycles. The van der Waals surface area contributed by atoms with Gasteiger partial charge in [0.15, 0.2) is 0 Å². The van der Waals surface area contributed by atoms with Crippen LogP contribution >= 0.6 is 0 Å². The zero-order chi connectivity index (χ0) is 21.6. The molecule has 0 aliphatic carbocycles. The molecule has 1 aliphatic heterocycles. The van der Waals surface area contributed by atoms with E-state index in [2.05, 4.69) is 9.47 Å². The average Bonchev–Trinajstić information content (AvgIpc) is 2.73. The summed E-state index contributed by atoms with van der Waals surface area (Å²) in [7, 11) is -1.42. The van der Waals surface area contributed by atoms with E-state index in [0.29, 0.717) is 18.7 Å². The number of methoxy groups -OCH3 is 2. The fraction of sp³-hybridized carbons (Fsp3) is 0.526. The number of esters is 2. The lowest BCUT2D eigenvalue weighted by Gasteiger charge is -2.27. The smallest absolute Gasteiger partial charge is 0.325 e. The number of hydrogen-bond acceptors (Lipinski definition) is 7. The van der Waals surface area contributed by atoms with Crippen molar-refractivity contribution in [2.75, 3.05) is 40.4 Å². The summed E-state index contributed by atoms with van der Waals surface area (Å²) in [5, 5.41) is 0. The maximum Gasteiger partial charge on any atom is 0.325 e. The Morgan fingerprint density at radius 3 is 2.07 bits per heavy atom. The lowest BCUT2D eigenvalue weighted by atomic mass is 10.1. The van der Waals surface area contributed by atoms with Crippen molar-refractivity contribution in [1.82, 2.24) is 9.21 Å². The molecule has 0 aromatic heterocycles. The van der Waals surface area contributed by atoms with Gasteiger partial charge in [0.25, 0.3) is 5.91 Å². The van der Waals surface area contributed by atoms with Crippen LogP contribution in [0.3, 0.4) is 0 Å². The highest BCUT2D eigenvalue weighted by Gasteiger charge is 2.29. The van der Waals surface area contributed by atoms with Crippen LogP contribution in [0.1, 0.15) is 35.2 Å². The molecule has 29 heavy (non-hydrogen) atoms. The number of carbonyl (C=O) groups excluding carboxylic acids is 3. The topological polar surface area (TPSA) is 110 Å². The molecule has 0 radical (unpaired) electrons. The first kappa shape index (κ1) is 22.8. The minimum atomic E-state index is -3.75. The SMILES string of the molecule is COC(=O)CN(CC(=O)OC)C(=O)c1ccc(C)c(S(=O)(=O)N2CCCCC2)c1. The normalized spacial score (nSPS) is 14.9. The first-order valence-electron chi connectivity index (χ1n) is 9.24. The molecule has 1 amide bonds. The molecule has 1 aliphatic rings. The summed E-state index contributed by atoms with van der Waals surface area (Å²) >= 11 is 0. The van der Waals surface area contributed by atoms with E-state index in [0.717, 1.165) is 38.4 Å². The van der Waals surface area contributed by atoms with Gasteiger partial charge in [0.2, 0.25) is 10.0 Å². The van der Waals surface area contributed by atoms with E-state index in [9.17, 15) is 22.8 Å². The molecule has 1 fully saturated rings. The molecule has 0 unspecified atom stereocenters. The predicted octanol–water partition coefficient (Wildman–Crippen LogP) is 0.958. The maximum absolute atomic E-state index is 13.1. The minimum Gasteiger partial charge on any atom is -0.468 e. The van der Waals surface area contributed by atoms with E-state index in [1.165, 1.54) is 16.4 Å². The molecule has 1 aromatic rings. The summed E-state index contributed by atoms with van der Waals surface area (Å²) in [5.74, 6) is -2.10. The number of carbonyl (C=O) groups is 3. The Balaban J connectivity index is 2.37. The van der Waals surface area contributed by atoms with E-state index < -0.39 is 41.0 Å². The summed E-state index contributed by atoms with van der Waals surface area (Å²) < 4.78 is 36.7. The summed E-state index contributed by atoms with van der Waals surface area (Å²) in [6.07, 6.45) is 2.57. The number of ether oxygens (including phenoxy) is 2. The van der Waals surface area contributed by atoms with Crippen molar-refractivity contribution in [3.63, 3.8) is 0 Å². The Hall–Kier alpha value is -2.46. The molecule has 1 saturated heterocycles. The first-order chi connectivity index (χ1) is 13.7. The van der Waals surface area contributed by atoms with Crippen molar-refractivity contribution in [2.24, 2.45) is 0 Å². The Kier molecular flexibility index (Phi) is 7.74. The fourth-order valence-electron chi connectivity index (χ4n) is 3.08. The number of rotatable bonds is 7. The number of benzene rings is 1. The molecule has 0 bridgehead atoms. The van der Waals surface area contributed by atoms with Gasteiger partial charge in [-0.25, -0.2) is 8.42 Å². The molecule has 0 N–H and O–H groups in total. The van der Waals surface area contributed by atoms with E-state index >= 15 is 0 Å². The van der Waals surface area contributed by atoms with Crippen LogP contribution in [0.25, 0.3) is 0 Å². The van der Waals surface area contributed by atoms with E-state index in [-0.39, 0.29) is 10.5 Å². The summed E-state index contributed by atoms with van der Waals surface area (Å²) in [6.45, 7) is 1.61. The highest BCUT2D eigenvalue weighted by Crippen LogP contribution is 2.25. The number of hydrogen-bond donors (Lipinski definition) is 0. The van der Waals surface area contributed by atoms with Gasteiger partial charge in [0, 0.05) is 18.7 Å². The van der Waals surface area contributed by atoms with Crippen LogP contribution in [-0.4, -0.2) is 75.9 Å². The largest absolute Gasteiger partial charge is 0.468 e. The van der Waals surface area contributed by atoms with Crippen molar-refractivity contribution >= 4 is 27.9 Å². The second-order valence-corrected chi connectivity index (χ2v) is 8.66. The predicted molar refractivity (Wildman–Crippen MR) is 104 cm³/mol. The number of piperidine rings is 1. The van der Waals surface area contributed by atoms with Crippen LogP contribution in [0, 0.1) is 6.92 Å². The molecular weight excluding hydrogens is 400 g/mol. The van der Waals surface area contributed by atoms with Crippen molar-refractivity contribution in [3.8, 4) is 0 Å². The van der Waals surface area contributed by atoms with Crippen LogP contribution in [0.4, 0.5) is 0 Å². The maximum atomic E-state index is 13.1. The van der Waals surface area contributed by atoms with E-state index in [1.807, 2.05) is 0 Å². The highest BCUT2D eigenvalue weighted by molar-refractivity contribution is 7.89. The van der Waals surface area contributed by atoms with Gasteiger partial charge in [0.1, 0.15) is 13.1 Å². The van der Waals surface area contributed by atoms with Crippen LogP contribution in [0.2, 0.25) is 0 Å². The quantitative estimate of drug-likeness (QED) is 0.597. The Morgan fingerprint density at radius 2 is 1.55 bits per heavy atom. The van der Waals surface area contributed by atoms with E-state index in [1.54, 1.807) is 13.0 Å². The molecular formula is C19H26N2O7S. The van der Waals surface area contributed by atoms with E-state index in [4.69, 9.17) is 0 Å². The third-order valence-corrected chi connectivity index (χ3v) is 6.79. The lowest BCUT2D eigenvalue weighted by Crippen LogP contribution is -2.40. The number of nitrogens with zero attached hydrogens (tertiary/aromatic N) is 2. The Bertz CT molecular complexity index is 859. The van der Waals surface area contributed by atoms with Crippen molar-refractivity contribution in [3.05, 3.63) is 29.3 Å². The molecule has 1 heterocycles. The lowest BCUT2D eigenvalue weighted by molar-refractivity contribution is -0.144. The monoisotopic (exact) mass is 426 g/mol. The standard InChI is InChI=1S/C19H26N2O7S/c1-14-7-8-15(11-16(14)29(25,26)21-9-5-4-6-10-21)19(24)20(12-17(22)27-2)13-18(23)28-3/h7-8,11H,4-6,9-10,12-13H2,1-3H3. The number of aryl methyl sites for hydroxylation is 1. The van der Waals surface area contributed by atoms with Gasteiger partial charge in [-0.2, -0.15) is 4.31 Å². The van der Waals surface area contributed by atoms with Gasteiger partial charge in [-0.05, 0) is 37.5 Å². The van der Waals surface area contributed by atoms with Crippen LogP contribution in [0.15, 0.2) is 23.1 Å². The molecule has 160 valence electrons. The van der Waals surface area contributed by atoms with Crippen LogP contribution < -0.4 is 0 Å². The first-order valence-corrected chi connectivity index (χ1v) is 10.7. The Labute approximate surface area is 170 Å². The summed E-state index contributed by atoms with van der Waals surface area (Å²) in [4.78, 5) is 37.2. The number of amides is 1. The third-order valence-electron chi connectivity index (χ3n) is 4.75.